The Labute approximate surface area is 81.1 Å². The zero-order valence-electron chi connectivity index (χ0n) is 8.45. The lowest BCUT2D eigenvalue weighted by molar-refractivity contribution is 0.242. The molecule has 0 radical (unpaired) electrons. The lowest BCUT2D eigenvalue weighted by Gasteiger charge is -2.25. The summed E-state index contributed by atoms with van der Waals surface area (Å²) in [4.78, 5) is 2.63. The van der Waals surface area contributed by atoms with E-state index in [0.29, 0.717) is 0 Å². The summed E-state index contributed by atoms with van der Waals surface area (Å²) >= 11 is 0. The third-order valence-corrected chi connectivity index (χ3v) is 3.23. The summed E-state index contributed by atoms with van der Waals surface area (Å²) in [5, 5.41) is 0. The predicted octanol–water partition coefficient (Wildman–Crippen LogP) is 2.60. The van der Waals surface area contributed by atoms with E-state index in [1.165, 1.54) is 32.4 Å². The van der Waals surface area contributed by atoms with E-state index >= 15 is 0 Å². The number of nitrogens with zero attached hydrogens (tertiary/aromatic N) is 1. The van der Waals surface area contributed by atoms with Crippen molar-refractivity contribution in [3.63, 3.8) is 0 Å². The molecule has 1 saturated heterocycles. The molecule has 1 nitrogen and oxygen atoms in total. The summed E-state index contributed by atoms with van der Waals surface area (Å²) in [5.41, 5.74) is 0. The maximum atomic E-state index is 2.63. The largest absolute Gasteiger partial charge is 0.300 e. The topological polar surface area (TPSA) is 3.24 Å². The fourth-order valence-corrected chi connectivity index (χ4v) is 2.33. The predicted molar refractivity (Wildman–Crippen MR) is 56.7 cm³/mol. The first-order valence-electron chi connectivity index (χ1n) is 5.43. The highest BCUT2D eigenvalue weighted by molar-refractivity contribution is 5.11. The first-order valence-corrected chi connectivity index (χ1v) is 5.43. The van der Waals surface area contributed by atoms with Crippen molar-refractivity contribution in [1.82, 2.24) is 4.90 Å². The van der Waals surface area contributed by atoms with Gasteiger partial charge in [0.25, 0.3) is 0 Å². The highest BCUT2D eigenvalue weighted by atomic mass is 15.2. The minimum absolute atomic E-state index is 0.769. The molecule has 0 bridgehead atoms. The van der Waals surface area contributed by atoms with Crippen LogP contribution in [0.4, 0.5) is 0 Å². The second kappa shape index (κ2) is 4.10. The van der Waals surface area contributed by atoms with Crippen molar-refractivity contribution in [1.29, 1.82) is 0 Å². The Hall–Kier alpha value is -0.560. The third-order valence-electron chi connectivity index (χ3n) is 3.23. The van der Waals surface area contributed by atoms with Crippen LogP contribution in [0.2, 0.25) is 0 Å². The average Bonchev–Trinajstić information content (AvgIpc) is 2.54. The van der Waals surface area contributed by atoms with Crippen molar-refractivity contribution in [2.45, 2.75) is 32.2 Å². The SMILES string of the molecule is C[C@@H]1CCCN1CC1C=CC=CC1. The highest BCUT2D eigenvalue weighted by Gasteiger charge is 2.22. The Morgan fingerprint density at radius 1 is 1.38 bits per heavy atom. The average molecular weight is 177 g/mol. The number of rotatable bonds is 2. The molecule has 0 amide bonds. The maximum absolute atomic E-state index is 2.63. The van der Waals surface area contributed by atoms with E-state index in [2.05, 4.69) is 36.1 Å². The second-order valence-electron chi connectivity index (χ2n) is 4.30. The molecule has 0 aromatic heterocycles. The molecule has 0 aromatic carbocycles. The van der Waals surface area contributed by atoms with Gasteiger partial charge in [-0.2, -0.15) is 0 Å². The molecule has 0 N–H and O–H groups in total. The van der Waals surface area contributed by atoms with E-state index in [1.807, 2.05) is 0 Å². The van der Waals surface area contributed by atoms with Gasteiger partial charge in [0.15, 0.2) is 0 Å². The minimum atomic E-state index is 0.769. The monoisotopic (exact) mass is 177 g/mol. The minimum Gasteiger partial charge on any atom is -0.300 e. The first-order chi connectivity index (χ1) is 6.36. The van der Waals surface area contributed by atoms with Gasteiger partial charge in [0.2, 0.25) is 0 Å². The fourth-order valence-electron chi connectivity index (χ4n) is 2.33. The smallest absolute Gasteiger partial charge is 0.00676 e. The molecule has 1 unspecified atom stereocenters. The maximum Gasteiger partial charge on any atom is 0.00676 e. The van der Waals surface area contributed by atoms with Gasteiger partial charge in [0.05, 0.1) is 0 Å². The molecule has 2 rings (SSSR count). The second-order valence-corrected chi connectivity index (χ2v) is 4.30. The van der Waals surface area contributed by atoms with Crippen LogP contribution >= 0.6 is 0 Å². The standard InChI is InChI=1S/C12H19N/c1-11-6-5-9-13(11)10-12-7-3-2-4-8-12/h2-4,7,11-12H,5-6,8-10H2,1H3/t11-,12?/m1/s1. The van der Waals surface area contributed by atoms with Gasteiger partial charge in [-0.1, -0.05) is 24.3 Å². The van der Waals surface area contributed by atoms with Crippen molar-refractivity contribution >= 4 is 0 Å². The van der Waals surface area contributed by atoms with E-state index in [9.17, 15) is 0 Å². The summed E-state index contributed by atoms with van der Waals surface area (Å²) in [5.74, 6) is 0.769. The highest BCUT2D eigenvalue weighted by Crippen LogP contribution is 2.21. The molecule has 13 heavy (non-hydrogen) atoms. The van der Waals surface area contributed by atoms with Crippen LogP contribution in [-0.2, 0) is 0 Å². The molecule has 1 aliphatic carbocycles. The number of likely N-dealkylation sites (tertiary alicyclic amines) is 1. The van der Waals surface area contributed by atoms with E-state index in [1.54, 1.807) is 0 Å². The van der Waals surface area contributed by atoms with Gasteiger partial charge < -0.3 is 4.90 Å². The first kappa shape index (κ1) is 9.01. The van der Waals surface area contributed by atoms with Crippen LogP contribution in [0.25, 0.3) is 0 Å². The zero-order valence-corrected chi connectivity index (χ0v) is 8.45. The fraction of sp³-hybridized carbons (Fsp3) is 0.667. The Morgan fingerprint density at radius 2 is 2.31 bits per heavy atom. The quantitative estimate of drug-likeness (QED) is 0.626. The van der Waals surface area contributed by atoms with E-state index in [-0.39, 0.29) is 0 Å². The Kier molecular flexibility index (Phi) is 2.84. The van der Waals surface area contributed by atoms with E-state index < -0.39 is 0 Å². The summed E-state index contributed by atoms with van der Waals surface area (Å²) in [6, 6.07) is 0.819. The molecule has 0 aromatic rings. The van der Waals surface area contributed by atoms with E-state index in [0.717, 1.165) is 12.0 Å². The number of allylic oxidation sites excluding steroid dienone is 3. The molecular weight excluding hydrogens is 158 g/mol. The van der Waals surface area contributed by atoms with Crippen LogP contribution in [0, 0.1) is 5.92 Å². The van der Waals surface area contributed by atoms with E-state index in [4.69, 9.17) is 0 Å². The van der Waals surface area contributed by atoms with Gasteiger partial charge in [-0.25, -0.2) is 0 Å². The Balaban J connectivity index is 1.83. The summed E-state index contributed by atoms with van der Waals surface area (Å²) < 4.78 is 0. The molecule has 1 fully saturated rings. The van der Waals surface area contributed by atoms with Crippen LogP contribution in [0.15, 0.2) is 24.3 Å². The molecule has 1 aliphatic heterocycles. The van der Waals surface area contributed by atoms with Crippen molar-refractivity contribution < 1.29 is 0 Å². The Bertz CT molecular complexity index is 217. The van der Waals surface area contributed by atoms with Crippen LogP contribution < -0.4 is 0 Å². The van der Waals surface area contributed by atoms with Crippen molar-refractivity contribution in [2.24, 2.45) is 5.92 Å². The van der Waals surface area contributed by atoms with Gasteiger partial charge in [-0.15, -0.1) is 0 Å². The number of hydrogen-bond donors (Lipinski definition) is 0. The normalized spacial score (nSPS) is 34.2. The van der Waals surface area contributed by atoms with Gasteiger partial charge in [-0.05, 0) is 38.6 Å². The molecule has 1 heterocycles. The summed E-state index contributed by atoms with van der Waals surface area (Å²) in [6.45, 7) is 4.94. The Morgan fingerprint density at radius 3 is 2.92 bits per heavy atom. The van der Waals surface area contributed by atoms with Gasteiger partial charge in [0.1, 0.15) is 0 Å². The van der Waals surface area contributed by atoms with Gasteiger partial charge >= 0.3 is 0 Å². The van der Waals surface area contributed by atoms with Crippen LogP contribution in [0.3, 0.4) is 0 Å². The van der Waals surface area contributed by atoms with Crippen LogP contribution in [-0.4, -0.2) is 24.0 Å². The molecule has 72 valence electrons. The van der Waals surface area contributed by atoms with Crippen molar-refractivity contribution in [3.05, 3.63) is 24.3 Å². The molecule has 2 aliphatic rings. The summed E-state index contributed by atoms with van der Waals surface area (Å²) in [7, 11) is 0. The number of hydrogen-bond acceptors (Lipinski definition) is 1. The third kappa shape index (κ3) is 2.22. The van der Waals surface area contributed by atoms with Crippen molar-refractivity contribution in [2.75, 3.05) is 13.1 Å². The molecular formula is C12H19N. The molecule has 1 heteroatoms. The van der Waals surface area contributed by atoms with Crippen LogP contribution in [0.5, 0.6) is 0 Å². The van der Waals surface area contributed by atoms with Gasteiger partial charge in [-0.3, -0.25) is 0 Å². The van der Waals surface area contributed by atoms with Crippen molar-refractivity contribution in [3.8, 4) is 0 Å². The lowest BCUT2D eigenvalue weighted by Crippen LogP contribution is -2.31. The van der Waals surface area contributed by atoms with Gasteiger partial charge in [0, 0.05) is 12.6 Å². The zero-order chi connectivity index (χ0) is 9.10. The summed E-state index contributed by atoms with van der Waals surface area (Å²) in [6.07, 6.45) is 13.0. The van der Waals surface area contributed by atoms with Crippen LogP contribution in [0.1, 0.15) is 26.2 Å². The molecule has 0 spiro atoms. The molecule has 0 saturated carbocycles. The lowest BCUT2D eigenvalue weighted by atomic mass is 10.00. The molecule has 2 atom stereocenters.